The van der Waals surface area contributed by atoms with E-state index in [4.69, 9.17) is 17.3 Å². The highest BCUT2D eigenvalue weighted by Crippen LogP contribution is 2.14. The third-order valence-electron chi connectivity index (χ3n) is 2.38. The molecule has 0 aliphatic carbocycles. The van der Waals surface area contributed by atoms with Crippen LogP contribution in [0.5, 0.6) is 0 Å². The zero-order valence-electron chi connectivity index (χ0n) is 9.58. The van der Waals surface area contributed by atoms with Gasteiger partial charge in [-0.2, -0.15) is 0 Å². The van der Waals surface area contributed by atoms with Crippen LogP contribution in [0.25, 0.3) is 0 Å². The van der Waals surface area contributed by atoms with Gasteiger partial charge in [0.05, 0.1) is 16.9 Å². The number of halogens is 1. The fraction of sp³-hybridized carbons (Fsp3) is 0.273. The van der Waals surface area contributed by atoms with E-state index in [9.17, 15) is 4.79 Å². The van der Waals surface area contributed by atoms with Crippen molar-refractivity contribution in [3.8, 4) is 0 Å². The van der Waals surface area contributed by atoms with Gasteiger partial charge in [0.15, 0.2) is 5.78 Å². The van der Waals surface area contributed by atoms with Crippen molar-refractivity contribution in [2.45, 2.75) is 19.5 Å². The Morgan fingerprint density at radius 3 is 3.00 bits per heavy atom. The molecule has 2 rings (SSSR count). The molecular weight excluding hydrogens is 254 g/mol. The second-order valence-corrected chi connectivity index (χ2v) is 4.20. The molecule has 2 heterocycles. The Hall–Kier alpha value is -1.79. The summed E-state index contributed by atoms with van der Waals surface area (Å²) >= 11 is 5.93. The second-order valence-electron chi connectivity index (χ2n) is 3.79. The summed E-state index contributed by atoms with van der Waals surface area (Å²) in [5.41, 5.74) is 6.83. The van der Waals surface area contributed by atoms with Gasteiger partial charge in [-0.05, 0) is 11.6 Å². The van der Waals surface area contributed by atoms with Crippen LogP contribution in [0.4, 0.5) is 0 Å². The maximum atomic E-state index is 11.8. The summed E-state index contributed by atoms with van der Waals surface area (Å²) in [6.07, 6.45) is 5.04. The standard InChI is InChI=1S/C11H12ClN5O/c12-11-5-14-2-1-8(11)3-10(18)7-17-6-9(4-13)15-16-17/h1-2,5-6H,3-4,7,13H2. The molecule has 0 aromatic carbocycles. The van der Waals surface area contributed by atoms with Gasteiger partial charge in [-0.25, -0.2) is 4.68 Å². The van der Waals surface area contributed by atoms with E-state index in [1.54, 1.807) is 18.5 Å². The van der Waals surface area contributed by atoms with Crippen LogP contribution in [0.2, 0.25) is 5.02 Å². The van der Waals surface area contributed by atoms with Crippen LogP contribution in [0, 0.1) is 0 Å². The summed E-state index contributed by atoms with van der Waals surface area (Å²) in [5.74, 6) is -0.00317. The summed E-state index contributed by atoms with van der Waals surface area (Å²) in [6.45, 7) is 0.468. The number of nitrogens with zero attached hydrogens (tertiary/aromatic N) is 4. The molecule has 0 spiro atoms. The molecule has 2 aromatic heterocycles. The normalized spacial score (nSPS) is 10.6. The molecule has 2 N–H and O–H groups in total. The fourth-order valence-electron chi connectivity index (χ4n) is 1.51. The first-order chi connectivity index (χ1) is 8.69. The van der Waals surface area contributed by atoms with Gasteiger partial charge in [0, 0.05) is 25.4 Å². The number of rotatable bonds is 5. The first-order valence-electron chi connectivity index (χ1n) is 5.38. The molecule has 0 fully saturated rings. The first-order valence-corrected chi connectivity index (χ1v) is 5.76. The van der Waals surface area contributed by atoms with Crippen LogP contribution in [-0.2, 0) is 24.3 Å². The molecular formula is C11H12ClN5O. The highest BCUT2D eigenvalue weighted by Gasteiger charge is 2.09. The van der Waals surface area contributed by atoms with Gasteiger partial charge in [-0.15, -0.1) is 5.10 Å². The van der Waals surface area contributed by atoms with Gasteiger partial charge in [0.25, 0.3) is 0 Å². The molecule has 0 saturated heterocycles. The summed E-state index contributed by atoms with van der Waals surface area (Å²) in [6, 6.07) is 1.73. The molecule has 7 heteroatoms. The van der Waals surface area contributed by atoms with E-state index in [-0.39, 0.29) is 18.7 Å². The third-order valence-corrected chi connectivity index (χ3v) is 2.72. The summed E-state index contributed by atoms with van der Waals surface area (Å²) in [7, 11) is 0. The van der Waals surface area contributed by atoms with E-state index < -0.39 is 0 Å². The van der Waals surface area contributed by atoms with Crippen molar-refractivity contribution >= 4 is 17.4 Å². The second kappa shape index (κ2) is 5.70. The Balaban J connectivity index is 1.99. The van der Waals surface area contributed by atoms with Gasteiger partial charge in [0.1, 0.15) is 6.54 Å². The van der Waals surface area contributed by atoms with Crippen LogP contribution >= 0.6 is 11.6 Å². The predicted molar refractivity (Wildman–Crippen MR) is 65.9 cm³/mol. The number of aromatic nitrogens is 4. The van der Waals surface area contributed by atoms with E-state index in [2.05, 4.69) is 15.3 Å². The lowest BCUT2D eigenvalue weighted by atomic mass is 10.1. The molecule has 18 heavy (non-hydrogen) atoms. The number of ketones is 1. The number of hydrogen-bond acceptors (Lipinski definition) is 5. The summed E-state index contributed by atoms with van der Waals surface area (Å²) in [4.78, 5) is 15.7. The predicted octanol–water partition coefficient (Wildman–Crippen LogP) is 0.597. The quantitative estimate of drug-likeness (QED) is 0.855. The Kier molecular flexibility index (Phi) is 4.01. The van der Waals surface area contributed by atoms with E-state index >= 15 is 0 Å². The van der Waals surface area contributed by atoms with Gasteiger partial charge in [0.2, 0.25) is 0 Å². The highest BCUT2D eigenvalue weighted by atomic mass is 35.5. The van der Waals surface area contributed by atoms with E-state index in [0.29, 0.717) is 17.3 Å². The minimum absolute atomic E-state index is 0.00317. The van der Waals surface area contributed by atoms with Crippen molar-refractivity contribution in [2.75, 3.05) is 0 Å². The van der Waals surface area contributed by atoms with Crippen LogP contribution in [-0.4, -0.2) is 25.8 Å². The Morgan fingerprint density at radius 1 is 1.50 bits per heavy atom. The smallest absolute Gasteiger partial charge is 0.158 e. The third kappa shape index (κ3) is 3.12. The van der Waals surface area contributed by atoms with Gasteiger partial charge < -0.3 is 5.73 Å². The van der Waals surface area contributed by atoms with Crippen LogP contribution in [0.15, 0.2) is 24.7 Å². The van der Waals surface area contributed by atoms with E-state index in [0.717, 1.165) is 5.56 Å². The van der Waals surface area contributed by atoms with Crippen LogP contribution in [0.1, 0.15) is 11.3 Å². The molecule has 0 bridgehead atoms. The zero-order valence-corrected chi connectivity index (χ0v) is 10.3. The number of Topliss-reactive ketones (excluding diaryl/α,β-unsaturated/α-hetero) is 1. The summed E-state index contributed by atoms with van der Waals surface area (Å²) in [5, 5.41) is 8.12. The Morgan fingerprint density at radius 2 is 2.33 bits per heavy atom. The van der Waals surface area contributed by atoms with Crippen molar-refractivity contribution in [3.63, 3.8) is 0 Å². The largest absolute Gasteiger partial charge is 0.325 e. The minimum Gasteiger partial charge on any atom is -0.325 e. The average Bonchev–Trinajstić information content (AvgIpc) is 2.80. The number of nitrogens with two attached hydrogens (primary N) is 1. The van der Waals surface area contributed by atoms with Crippen LogP contribution in [0.3, 0.4) is 0 Å². The highest BCUT2D eigenvalue weighted by molar-refractivity contribution is 6.31. The lowest BCUT2D eigenvalue weighted by Crippen LogP contribution is -2.13. The van der Waals surface area contributed by atoms with Crippen molar-refractivity contribution in [3.05, 3.63) is 40.9 Å². The van der Waals surface area contributed by atoms with Gasteiger partial charge >= 0.3 is 0 Å². The lowest BCUT2D eigenvalue weighted by molar-refractivity contribution is -0.119. The molecule has 0 radical (unpaired) electrons. The zero-order chi connectivity index (χ0) is 13.0. The van der Waals surface area contributed by atoms with Crippen molar-refractivity contribution in [1.82, 2.24) is 20.0 Å². The molecule has 0 amide bonds. The number of carbonyl (C=O) groups is 1. The molecule has 0 unspecified atom stereocenters. The van der Waals surface area contributed by atoms with Crippen molar-refractivity contribution < 1.29 is 4.79 Å². The molecule has 94 valence electrons. The lowest BCUT2D eigenvalue weighted by Gasteiger charge is -2.02. The molecule has 0 aliphatic heterocycles. The van der Waals surface area contributed by atoms with Gasteiger partial charge in [-0.1, -0.05) is 16.8 Å². The SMILES string of the molecule is NCc1cn(CC(=O)Cc2ccncc2Cl)nn1. The number of hydrogen-bond donors (Lipinski definition) is 1. The average molecular weight is 266 g/mol. The Labute approximate surface area is 109 Å². The monoisotopic (exact) mass is 265 g/mol. The van der Waals surface area contributed by atoms with Crippen molar-refractivity contribution in [2.24, 2.45) is 5.73 Å². The van der Waals surface area contributed by atoms with Crippen LogP contribution < -0.4 is 5.73 Å². The van der Waals surface area contributed by atoms with Gasteiger partial charge in [-0.3, -0.25) is 9.78 Å². The molecule has 6 nitrogen and oxygen atoms in total. The Bertz CT molecular complexity index is 554. The maximum absolute atomic E-state index is 11.8. The first kappa shape index (κ1) is 12.7. The van der Waals surface area contributed by atoms with Crippen molar-refractivity contribution in [1.29, 1.82) is 0 Å². The topological polar surface area (TPSA) is 86.7 Å². The maximum Gasteiger partial charge on any atom is 0.158 e. The minimum atomic E-state index is -0.00317. The number of carbonyl (C=O) groups excluding carboxylic acids is 1. The van der Waals surface area contributed by atoms with E-state index in [1.165, 1.54) is 10.9 Å². The fourth-order valence-corrected chi connectivity index (χ4v) is 1.69. The molecule has 0 atom stereocenters. The molecule has 0 saturated carbocycles. The summed E-state index contributed by atoms with van der Waals surface area (Å²) < 4.78 is 1.47. The molecule has 2 aromatic rings. The molecule has 0 aliphatic rings. The van der Waals surface area contributed by atoms with E-state index in [1.807, 2.05) is 0 Å². The number of pyridine rings is 1.